The first-order chi connectivity index (χ1) is 8.74. The van der Waals surface area contributed by atoms with Crippen LogP contribution >= 0.6 is 0 Å². The molecule has 1 heterocycles. The monoisotopic (exact) mass is 243 g/mol. The lowest BCUT2D eigenvalue weighted by molar-refractivity contribution is 0.402. The second kappa shape index (κ2) is 5.83. The first-order valence-corrected chi connectivity index (χ1v) is 6.55. The highest BCUT2D eigenvalue weighted by Gasteiger charge is 2.16. The summed E-state index contributed by atoms with van der Waals surface area (Å²) in [6.45, 7) is 7.56. The highest BCUT2D eigenvalue weighted by Crippen LogP contribution is 2.22. The van der Waals surface area contributed by atoms with Crippen molar-refractivity contribution in [2.24, 2.45) is 0 Å². The zero-order valence-electron chi connectivity index (χ0n) is 11.3. The highest BCUT2D eigenvalue weighted by atomic mass is 15.1. The first kappa shape index (κ1) is 12.8. The molecule has 0 aliphatic carbocycles. The third kappa shape index (κ3) is 2.62. The fourth-order valence-corrected chi connectivity index (χ4v) is 2.19. The zero-order valence-corrected chi connectivity index (χ0v) is 11.3. The molecule has 0 aliphatic heterocycles. The molecule has 0 amide bonds. The molecule has 2 unspecified atom stereocenters. The number of aromatic nitrogens is 2. The van der Waals surface area contributed by atoms with E-state index in [0.29, 0.717) is 12.1 Å². The molecule has 2 rings (SSSR count). The SMILES string of the molecule is CCNC(C)C(C)n1ccnc1-c1ccccc1. The third-order valence-corrected chi connectivity index (χ3v) is 3.39. The minimum atomic E-state index is 0.377. The Morgan fingerprint density at radius 2 is 1.94 bits per heavy atom. The molecular weight excluding hydrogens is 222 g/mol. The van der Waals surface area contributed by atoms with E-state index < -0.39 is 0 Å². The van der Waals surface area contributed by atoms with Gasteiger partial charge in [0.1, 0.15) is 5.82 Å². The van der Waals surface area contributed by atoms with Crippen molar-refractivity contribution in [3.63, 3.8) is 0 Å². The minimum absolute atomic E-state index is 0.377. The van der Waals surface area contributed by atoms with E-state index in [2.05, 4.69) is 54.0 Å². The summed E-state index contributed by atoms with van der Waals surface area (Å²) in [4.78, 5) is 4.49. The molecule has 0 saturated carbocycles. The number of hydrogen-bond acceptors (Lipinski definition) is 2. The van der Waals surface area contributed by atoms with Gasteiger partial charge in [0.25, 0.3) is 0 Å². The second-order valence-corrected chi connectivity index (χ2v) is 4.61. The normalized spacial score (nSPS) is 14.4. The van der Waals surface area contributed by atoms with Crippen LogP contribution in [0.25, 0.3) is 11.4 Å². The largest absolute Gasteiger partial charge is 0.327 e. The van der Waals surface area contributed by atoms with Gasteiger partial charge in [-0.25, -0.2) is 4.98 Å². The van der Waals surface area contributed by atoms with E-state index in [9.17, 15) is 0 Å². The minimum Gasteiger partial charge on any atom is -0.327 e. The van der Waals surface area contributed by atoms with Gasteiger partial charge in [-0.3, -0.25) is 0 Å². The number of benzene rings is 1. The Morgan fingerprint density at radius 1 is 1.22 bits per heavy atom. The van der Waals surface area contributed by atoms with Crippen LogP contribution in [-0.4, -0.2) is 22.1 Å². The van der Waals surface area contributed by atoms with Gasteiger partial charge in [-0.2, -0.15) is 0 Å². The highest BCUT2D eigenvalue weighted by molar-refractivity contribution is 5.55. The molecule has 1 aromatic heterocycles. The number of hydrogen-bond donors (Lipinski definition) is 1. The first-order valence-electron chi connectivity index (χ1n) is 6.55. The second-order valence-electron chi connectivity index (χ2n) is 4.61. The smallest absolute Gasteiger partial charge is 0.140 e. The lowest BCUT2D eigenvalue weighted by atomic mass is 10.1. The fraction of sp³-hybridized carbons (Fsp3) is 0.400. The maximum absolute atomic E-state index is 4.49. The third-order valence-electron chi connectivity index (χ3n) is 3.39. The molecular formula is C15H21N3. The summed E-state index contributed by atoms with van der Waals surface area (Å²) >= 11 is 0. The topological polar surface area (TPSA) is 29.9 Å². The molecule has 0 radical (unpaired) electrons. The van der Waals surface area contributed by atoms with Crippen LogP contribution in [0.15, 0.2) is 42.7 Å². The van der Waals surface area contributed by atoms with Crippen LogP contribution in [0.5, 0.6) is 0 Å². The van der Waals surface area contributed by atoms with Crippen molar-refractivity contribution in [3.05, 3.63) is 42.7 Å². The molecule has 3 heteroatoms. The molecule has 1 N–H and O–H groups in total. The van der Waals surface area contributed by atoms with Crippen molar-refractivity contribution in [1.82, 2.24) is 14.9 Å². The summed E-state index contributed by atoms with van der Waals surface area (Å²) in [7, 11) is 0. The summed E-state index contributed by atoms with van der Waals surface area (Å²) in [6.07, 6.45) is 3.93. The summed E-state index contributed by atoms with van der Waals surface area (Å²) in [5.41, 5.74) is 1.16. The maximum atomic E-state index is 4.49. The van der Waals surface area contributed by atoms with E-state index in [1.807, 2.05) is 24.4 Å². The standard InChI is InChI=1S/C15H21N3/c1-4-16-12(2)13(3)18-11-10-17-15(18)14-8-6-5-7-9-14/h5-13,16H,4H2,1-3H3. The van der Waals surface area contributed by atoms with Gasteiger partial charge in [0.05, 0.1) is 0 Å². The molecule has 0 bridgehead atoms. The number of nitrogens with one attached hydrogen (secondary N) is 1. The van der Waals surface area contributed by atoms with E-state index >= 15 is 0 Å². The van der Waals surface area contributed by atoms with Gasteiger partial charge in [0, 0.05) is 30.0 Å². The van der Waals surface area contributed by atoms with Crippen LogP contribution in [0.1, 0.15) is 26.8 Å². The van der Waals surface area contributed by atoms with Crippen molar-refractivity contribution in [2.45, 2.75) is 32.9 Å². The number of nitrogens with zero attached hydrogens (tertiary/aromatic N) is 2. The van der Waals surface area contributed by atoms with Crippen LogP contribution < -0.4 is 5.32 Å². The Bertz CT molecular complexity index is 475. The van der Waals surface area contributed by atoms with Gasteiger partial charge in [-0.15, -0.1) is 0 Å². The van der Waals surface area contributed by atoms with Crippen molar-refractivity contribution >= 4 is 0 Å². The van der Waals surface area contributed by atoms with Crippen molar-refractivity contribution in [3.8, 4) is 11.4 Å². The Balaban J connectivity index is 2.28. The number of imidazole rings is 1. The van der Waals surface area contributed by atoms with E-state index in [1.54, 1.807) is 0 Å². The molecule has 0 saturated heterocycles. The van der Waals surface area contributed by atoms with Crippen LogP contribution in [-0.2, 0) is 0 Å². The average molecular weight is 243 g/mol. The molecule has 0 aliphatic rings. The number of likely N-dealkylation sites (N-methyl/N-ethyl adjacent to an activating group) is 1. The van der Waals surface area contributed by atoms with E-state index in [1.165, 1.54) is 0 Å². The van der Waals surface area contributed by atoms with Gasteiger partial charge in [-0.1, -0.05) is 37.3 Å². The van der Waals surface area contributed by atoms with Gasteiger partial charge in [-0.05, 0) is 20.4 Å². The van der Waals surface area contributed by atoms with Crippen LogP contribution in [0, 0.1) is 0 Å². The molecule has 0 fully saturated rings. The van der Waals surface area contributed by atoms with Crippen molar-refractivity contribution in [1.29, 1.82) is 0 Å². The van der Waals surface area contributed by atoms with Gasteiger partial charge >= 0.3 is 0 Å². The summed E-state index contributed by atoms with van der Waals surface area (Å²) in [6, 6.07) is 11.1. The lowest BCUT2D eigenvalue weighted by Gasteiger charge is -2.23. The Hall–Kier alpha value is -1.61. The predicted octanol–water partition coefficient (Wildman–Crippen LogP) is 3.11. The van der Waals surface area contributed by atoms with Gasteiger partial charge in [0.2, 0.25) is 0 Å². The summed E-state index contributed by atoms with van der Waals surface area (Å²) in [5, 5.41) is 3.46. The van der Waals surface area contributed by atoms with Crippen LogP contribution in [0.4, 0.5) is 0 Å². The zero-order chi connectivity index (χ0) is 13.0. The molecule has 96 valence electrons. The van der Waals surface area contributed by atoms with Gasteiger partial charge in [0.15, 0.2) is 0 Å². The van der Waals surface area contributed by atoms with E-state index in [4.69, 9.17) is 0 Å². The Morgan fingerprint density at radius 3 is 2.61 bits per heavy atom. The van der Waals surface area contributed by atoms with Crippen molar-refractivity contribution < 1.29 is 0 Å². The molecule has 18 heavy (non-hydrogen) atoms. The van der Waals surface area contributed by atoms with Crippen LogP contribution in [0.3, 0.4) is 0 Å². The van der Waals surface area contributed by atoms with E-state index in [-0.39, 0.29) is 0 Å². The van der Waals surface area contributed by atoms with Gasteiger partial charge < -0.3 is 9.88 Å². The predicted molar refractivity (Wildman–Crippen MR) is 75.5 cm³/mol. The van der Waals surface area contributed by atoms with E-state index in [0.717, 1.165) is 17.9 Å². The Labute approximate surface area is 109 Å². The fourth-order valence-electron chi connectivity index (χ4n) is 2.19. The molecule has 1 aromatic carbocycles. The molecule has 0 spiro atoms. The van der Waals surface area contributed by atoms with Crippen LogP contribution in [0.2, 0.25) is 0 Å². The maximum Gasteiger partial charge on any atom is 0.140 e. The summed E-state index contributed by atoms with van der Waals surface area (Å²) in [5.74, 6) is 1.04. The molecule has 2 atom stereocenters. The Kier molecular flexibility index (Phi) is 4.15. The molecule has 3 nitrogen and oxygen atoms in total. The quantitative estimate of drug-likeness (QED) is 0.874. The average Bonchev–Trinajstić information content (AvgIpc) is 2.88. The lowest BCUT2D eigenvalue weighted by Crippen LogP contribution is -2.33. The summed E-state index contributed by atoms with van der Waals surface area (Å²) < 4.78 is 2.24. The molecule has 2 aromatic rings. The number of rotatable bonds is 5. The van der Waals surface area contributed by atoms with Crippen molar-refractivity contribution in [2.75, 3.05) is 6.54 Å².